The molecule has 5 nitrogen and oxygen atoms in total. The number of hydrogen-bond acceptors (Lipinski definition) is 4. The average molecular weight is 373 g/mol. The molecule has 25 heavy (non-hydrogen) atoms. The Kier molecular flexibility index (Phi) is 6.09. The summed E-state index contributed by atoms with van der Waals surface area (Å²) < 4.78 is 1.70. The summed E-state index contributed by atoms with van der Waals surface area (Å²) in [6.07, 6.45) is 2.01. The first-order valence-electron chi connectivity index (χ1n) is 7.80. The van der Waals surface area contributed by atoms with Crippen LogP contribution in [0, 0.1) is 0 Å². The van der Waals surface area contributed by atoms with Crippen LogP contribution in [0.3, 0.4) is 0 Å². The second-order valence-corrected chi connectivity index (χ2v) is 6.96. The van der Waals surface area contributed by atoms with Gasteiger partial charge in [0.2, 0.25) is 11.9 Å². The van der Waals surface area contributed by atoms with E-state index in [0.717, 1.165) is 10.5 Å². The van der Waals surface area contributed by atoms with Crippen molar-refractivity contribution in [1.29, 1.82) is 0 Å². The van der Waals surface area contributed by atoms with Gasteiger partial charge in [-0.25, -0.2) is 9.67 Å². The van der Waals surface area contributed by atoms with E-state index in [1.165, 1.54) is 0 Å². The summed E-state index contributed by atoms with van der Waals surface area (Å²) in [6, 6.07) is 17.5. The van der Waals surface area contributed by atoms with Gasteiger partial charge in [-0.1, -0.05) is 41.9 Å². The van der Waals surface area contributed by atoms with Gasteiger partial charge in [0, 0.05) is 22.1 Å². The standard InChI is InChI=1S/C18H17ClN4OS/c19-15-6-8-16(9-7-15)25-11-10-17(24)21-18-20-13-23(22-18)12-14-4-2-1-3-5-14/h1-9,13H,10-12H2,(H,21,22,24). The van der Waals surface area contributed by atoms with Gasteiger partial charge in [-0.15, -0.1) is 16.9 Å². The Morgan fingerprint density at radius 3 is 2.64 bits per heavy atom. The van der Waals surface area contributed by atoms with Gasteiger partial charge in [0.05, 0.1) is 6.54 Å². The lowest BCUT2D eigenvalue weighted by molar-refractivity contribution is -0.115. The Morgan fingerprint density at radius 1 is 1.12 bits per heavy atom. The van der Waals surface area contributed by atoms with Gasteiger partial charge in [-0.3, -0.25) is 10.1 Å². The van der Waals surface area contributed by atoms with Crippen molar-refractivity contribution in [3.05, 3.63) is 71.5 Å². The molecule has 0 spiro atoms. The van der Waals surface area contributed by atoms with Crippen molar-refractivity contribution in [3.8, 4) is 0 Å². The van der Waals surface area contributed by atoms with Crippen LogP contribution in [0.2, 0.25) is 5.02 Å². The molecule has 0 aliphatic carbocycles. The number of nitrogens with one attached hydrogen (secondary N) is 1. The van der Waals surface area contributed by atoms with Crippen LogP contribution in [-0.2, 0) is 11.3 Å². The maximum Gasteiger partial charge on any atom is 0.248 e. The maximum atomic E-state index is 12.0. The molecular weight excluding hydrogens is 356 g/mol. The number of benzene rings is 2. The number of carbonyl (C=O) groups excluding carboxylic acids is 1. The molecule has 0 saturated heterocycles. The fourth-order valence-corrected chi connectivity index (χ4v) is 3.16. The van der Waals surface area contributed by atoms with Crippen molar-refractivity contribution in [1.82, 2.24) is 14.8 Å². The molecule has 3 rings (SSSR count). The molecule has 0 aliphatic rings. The van der Waals surface area contributed by atoms with E-state index in [1.54, 1.807) is 22.8 Å². The fraction of sp³-hybridized carbons (Fsp3) is 0.167. The Labute approximate surface area is 155 Å². The van der Waals surface area contributed by atoms with Crippen molar-refractivity contribution in [3.63, 3.8) is 0 Å². The lowest BCUT2D eigenvalue weighted by atomic mass is 10.2. The third-order valence-corrected chi connectivity index (χ3v) is 4.65. The van der Waals surface area contributed by atoms with Crippen LogP contribution in [0.5, 0.6) is 0 Å². The highest BCUT2D eigenvalue weighted by Crippen LogP contribution is 2.21. The molecule has 128 valence electrons. The van der Waals surface area contributed by atoms with Crippen molar-refractivity contribution in [2.24, 2.45) is 0 Å². The minimum absolute atomic E-state index is 0.0982. The predicted molar refractivity (Wildman–Crippen MR) is 101 cm³/mol. The number of carbonyl (C=O) groups is 1. The fourth-order valence-electron chi connectivity index (χ4n) is 2.18. The van der Waals surface area contributed by atoms with Crippen molar-refractivity contribution < 1.29 is 4.79 Å². The first kappa shape index (κ1) is 17.5. The highest BCUT2D eigenvalue weighted by atomic mass is 35.5. The smallest absolute Gasteiger partial charge is 0.248 e. The Balaban J connectivity index is 1.44. The quantitative estimate of drug-likeness (QED) is 0.634. The second-order valence-electron chi connectivity index (χ2n) is 5.35. The van der Waals surface area contributed by atoms with E-state index in [4.69, 9.17) is 11.6 Å². The molecule has 0 radical (unpaired) electrons. The molecule has 7 heteroatoms. The number of nitrogens with zero attached hydrogens (tertiary/aromatic N) is 3. The van der Waals surface area contributed by atoms with Gasteiger partial charge >= 0.3 is 0 Å². The van der Waals surface area contributed by atoms with Gasteiger partial charge in [0.25, 0.3) is 0 Å². The molecule has 0 unspecified atom stereocenters. The van der Waals surface area contributed by atoms with Crippen LogP contribution in [-0.4, -0.2) is 26.4 Å². The third-order valence-electron chi connectivity index (χ3n) is 3.39. The van der Waals surface area contributed by atoms with E-state index < -0.39 is 0 Å². The number of thioether (sulfide) groups is 1. The molecule has 2 aromatic carbocycles. The molecular formula is C18H17ClN4OS. The largest absolute Gasteiger partial charge is 0.293 e. The molecule has 0 aliphatic heterocycles. The normalized spacial score (nSPS) is 10.6. The number of amides is 1. The zero-order chi connectivity index (χ0) is 17.5. The number of hydrogen-bond donors (Lipinski definition) is 1. The van der Waals surface area contributed by atoms with Crippen LogP contribution < -0.4 is 5.32 Å². The van der Waals surface area contributed by atoms with Gasteiger partial charge in [-0.05, 0) is 29.8 Å². The first-order valence-corrected chi connectivity index (χ1v) is 9.17. The number of halogens is 1. The number of anilines is 1. The molecule has 1 heterocycles. The molecule has 1 aromatic heterocycles. The highest BCUT2D eigenvalue weighted by molar-refractivity contribution is 7.99. The minimum atomic E-state index is -0.0982. The summed E-state index contributed by atoms with van der Waals surface area (Å²) in [4.78, 5) is 17.2. The maximum absolute atomic E-state index is 12.0. The second kappa shape index (κ2) is 8.69. The molecule has 0 bridgehead atoms. The lowest BCUT2D eigenvalue weighted by Crippen LogP contribution is -2.13. The number of rotatable bonds is 7. The van der Waals surface area contributed by atoms with Crippen molar-refractivity contribution in [2.75, 3.05) is 11.1 Å². The zero-order valence-corrected chi connectivity index (χ0v) is 15.0. The van der Waals surface area contributed by atoms with E-state index in [-0.39, 0.29) is 5.91 Å². The van der Waals surface area contributed by atoms with Crippen LogP contribution in [0.4, 0.5) is 5.95 Å². The Hall–Kier alpha value is -2.31. The molecule has 0 fully saturated rings. The van der Waals surface area contributed by atoms with E-state index in [2.05, 4.69) is 15.4 Å². The van der Waals surface area contributed by atoms with E-state index in [9.17, 15) is 4.79 Å². The Bertz CT molecular complexity index is 821. The number of aromatic nitrogens is 3. The topological polar surface area (TPSA) is 59.8 Å². The van der Waals surface area contributed by atoms with Gasteiger partial charge in [-0.2, -0.15) is 0 Å². The highest BCUT2D eigenvalue weighted by Gasteiger charge is 2.07. The summed E-state index contributed by atoms with van der Waals surface area (Å²) in [5.41, 5.74) is 1.13. The minimum Gasteiger partial charge on any atom is -0.293 e. The average Bonchev–Trinajstić information content (AvgIpc) is 3.04. The van der Waals surface area contributed by atoms with Crippen LogP contribution >= 0.6 is 23.4 Å². The van der Waals surface area contributed by atoms with Gasteiger partial charge in [0.1, 0.15) is 6.33 Å². The van der Waals surface area contributed by atoms with Crippen LogP contribution in [0.25, 0.3) is 0 Å². The summed E-state index contributed by atoms with van der Waals surface area (Å²) >= 11 is 7.46. The molecule has 0 saturated carbocycles. The monoisotopic (exact) mass is 372 g/mol. The summed E-state index contributed by atoms with van der Waals surface area (Å²) in [5.74, 6) is 0.911. The molecule has 3 aromatic rings. The van der Waals surface area contributed by atoms with E-state index in [1.807, 2.05) is 54.6 Å². The summed E-state index contributed by atoms with van der Waals surface area (Å²) in [7, 11) is 0. The van der Waals surface area contributed by atoms with Crippen LogP contribution in [0.15, 0.2) is 65.8 Å². The van der Waals surface area contributed by atoms with Gasteiger partial charge in [0.15, 0.2) is 0 Å². The predicted octanol–water partition coefficient (Wildman–Crippen LogP) is 4.10. The SMILES string of the molecule is O=C(CCSc1ccc(Cl)cc1)Nc1ncn(Cc2ccccc2)n1. The molecule has 1 amide bonds. The first-order chi connectivity index (χ1) is 12.2. The summed E-state index contributed by atoms with van der Waals surface area (Å²) in [6.45, 7) is 0.621. The molecule has 0 atom stereocenters. The van der Waals surface area contributed by atoms with E-state index >= 15 is 0 Å². The zero-order valence-electron chi connectivity index (χ0n) is 13.4. The molecule has 1 N–H and O–H groups in total. The summed E-state index contributed by atoms with van der Waals surface area (Å²) in [5, 5.41) is 7.71. The van der Waals surface area contributed by atoms with Gasteiger partial charge < -0.3 is 0 Å². The Morgan fingerprint density at radius 2 is 1.88 bits per heavy atom. The van der Waals surface area contributed by atoms with Crippen LogP contribution in [0.1, 0.15) is 12.0 Å². The van der Waals surface area contributed by atoms with Crippen molar-refractivity contribution >= 4 is 35.2 Å². The van der Waals surface area contributed by atoms with Crippen molar-refractivity contribution in [2.45, 2.75) is 17.9 Å². The lowest BCUT2D eigenvalue weighted by Gasteiger charge is -2.03. The third kappa shape index (κ3) is 5.62. The van der Waals surface area contributed by atoms with E-state index in [0.29, 0.717) is 29.7 Å².